The van der Waals surface area contributed by atoms with Gasteiger partial charge in [-0.2, -0.15) is 0 Å². The lowest BCUT2D eigenvalue weighted by Crippen LogP contribution is -2.35. The first kappa shape index (κ1) is 21.9. The molecule has 0 amide bonds. The van der Waals surface area contributed by atoms with Crippen LogP contribution in [0, 0.1) is 0 Å². The number of phosphoric ester groups is 1. The average Bonchev–Trinajstić information content (AvgIpc) is 2.45. The van der Waals surface area contributed by atoms with E-state index in [-0.39, 0.29) is 0 Å². The quantitative estimate of drug-likeness (QED) is 0.381. The van der Waals surface area contributed by atoms with E-state index in [4.69, 9.17) is 25.0 Å². The molecule has 0 radical (unpaired) electrons. The largest absolute Gasteiger partial charge is 0.469 e. The van der Waals surface area contributed by atoms with Crippen LogP contribution in [0.4, 0.5) is 0 Å². The van der Waals surface area contributed by atoms with Gasteiger partial charge < -0.3 is 30.1 Å². The Kier molecular flexibility index (Phi) is 12.4. The number of rotatable bonds is 8. The Morgan fingerprint density at radius 2 is 1.64 bits per heavy atom. The van der Waals surface area contributed by atoms with Crippen molar-refractivity contribution >= 4 is 7.82 Å². The van der Waals surface area contributed by atoms with Gasteiger partial charge in [-0.1, -0.05) is 19.3 Å². The predicted molar refractivity (Wildman–Crippen MR) is 82.1 cm³/mol. The molecule has 0 aliphatic heterocycles. The molecule has 1 saturated carbocycles. The van der Waals surface area contributed by atoms with Gasteiger partial charge in [0, 0.05) is 19.3 Å². The zero-order valence-corrected chi connectivity index (χ0v) is 14.3. The van der Waals surface area contributed by atoms with E-state index in [0.717, 1.165) is 0 Å². The maximum atomic E-state index is 10.4. The Hall–Kier alpha value is -0.0500. The highest BCUT2D eigenvalue weighted by atomic mass is 31.2. The number of nitrogens with two attached hydrogens (primary N) is 1. The summed E-state index contributed by atoms with van der Waals surface area (Å²) in [5.41, 5.74) is 5.63. The average molecular weight is 343 g/mol. The molecular formula is C13H30NO7P. The van der Waals surface area contributed by atoms with Crippen molar-refractivity contribution in [3.8, 4) is 0 Å². The Morgan fingerprint density at radius 1 is 1.14 bits per heavy atom. The minimum absolute atomic E-state index is 0.317. The van der Waals surface area contributed by atoms with Crippen molar-refractivity contribution in [3.63, 3.8) is 0 Å². The van der Waals surface area contributed by atoms with Crippen molar-refractivity contribution in [3.05, 3.63) is 0 Å². The van der Waals surface area contributed by atoms with Gasteiger partial charge >= 0.3 is 7.82 Å². The molecule has 1 rings (SSSR count). The Labute approximate surface area is 132 Å². The van der Waals surface area contributed by atoms with Crippen LogP contribution in [0.15, 0.2) is 0 Å². The third-order valence-corrected chi connectivity index (χ3v) is 3.52. The fourth-order valence-electron chi connectivity index (χ4n) is 1.98. The fraction of sp³-hybridized carbons (Fsp3) is 1.00. The lowest BCUT2D eigenvalue weighted by Gasteiger charge is -2.22. The molecule has 1 fully saturated rings. The normalized spacial score (nSPS) is 18.0. The minimum Gasteiger partial charge on any atom is -0.385 e. The minimum atomic E-state index is -4.57. The number of hydrogen-bond donors (Lipinski definition) is 4. The lowest BCUT2D eigenvalue weighted by molar-refractivity contribution is -0.195. The molecule has 22 heavy (non-hydrogen) atoms. The summed E-state index contributed by atoms with van der Waals surface area (Å²) in [6.45, 7) is 3.51. The van der Waals surface area contributed by atoms with Gasteiger partial charge in [0.05, 0.1) is 6.61 Å². The van der Waals surface area contributed by atoms with Crippen LogP contribution in [0.3, 0.4) is 0 Å². The summed E-state index contributed by atoms with van der Waals surface area (Å²) in [5.74, 6) is 0. The number of phosphoric acid groups is 1. The maximum absolute atomic E-state index is 10.4. The summed E-state index contributed by atoms with van der Waals surface area (Å²) in [4.78, 5) is 16.8. The van der Waals surface area contributed by atoms with Crippen molar-refractivity contribution in [2.75, 3.05) is 19.8 Å². The summed E-state index contributed by atoms with van der Waals surface area (Å²) in [5, 5.41) is 9.42. The second-order valence-electron chi connectivity index (χ2n) is 5.03. The molecule has 0 aromatic heterocycles. The van der Waals surface area contributed by atoms with Crippen molar-refractivity contribution < 1.29 is 33.5 Å². The van der Waals surface area contributed by atoms with Crippen molar-refractivity contribution in [1.82, 2.24) is 0 Å². The molecule has 0 saturated heterocycles. The lowest BCUT2D eigenvalue weighted by atomic mass is 9.97. The van der Waals surface area contributed by atoms with E-state index < -0.39 is 26.8 Å². The Morgan fingerprint density at radius 3 is 1.95 bits per heavy atom. The van der Waals surface area contributed by atoms with E-state index in [1.165, 1.54) is 32.1 Å². The first-order valence-electron chi connectivity index (χ1n) is 7.67. The van der Waals surface area contributed by atoms with Gasteiger partial charge in [0.1, 0.15) is 6.10 Å². The van der Waals surface area contributed by atoms with Crippen LogP contribution in [-0.2, 0) is 18.6 Å². The maximum Gasteiger partial charge on any atom is 0.469 e. The summed E-state index contributed by atoms with van der Waals surface area (Å²) >= 11 is 0. The van der Waals surface area contributed by atoms with Gasteiger partial charge in [-0.25, -0.2) is 4.57 Å². The summed E-state index contributed by atoms with van der Waals surface area (Å²) in [7, 11) is -4.57. The van der Waals surface area contributed by atoms with E-state index in [1.54, 1.807) is 13.8 Å². The van der Waals surface area contributed by atoms with Crippen LogP contribution < -0.4 is 5.73 Å². The van der Waals surface area contributed by atoms with Crippen molar-refractivity contribution in [2.45, 2.75) is 64.4 Å². The highest BCUT2D eigenvalue weighted by Gasteiger charge is 2.24. The van der Waals surface area contributed by atoms with Crippen LogP contribution in [0.2, 0.25) is 0 Å². The highest BCUT2D eigenvalue weighted by molar-refractivity contribution is 7.46. The second-order valence-corrected chi connectivity index (χ2v) is 6.27. The first-order chi connectivity index (χ1) is 10.3. The van der Waals surface area contributed by atoms with E-state index in [2.05, 4.69) is 4.52 Å². The summed E-state index contributed by atoms with van der Waals surface area (Å²) in [6.07, 6.45) is 4.49. The van der Waals surface area contributed by atoms with Crippen molar-refractivity contribution in [2.24, 2.45) is 5.73 Å². The topological polar surface area (TPSA) is 131 Å². The van der Waals surface area contributed by atoms with Crippen LogP contribution in [0.5, 0.6) is 0 Å². The van der Waals surface area contributed by atoms with E-state index in [9.17, 15) is 9.67 Å². The molecule has 0 heterocycles. The predicted octanol–water partition coefficient (Wildman–Crippen LogP) is 1.13. The molecule has 0 aromatic carbocycles. The first-order valence-corrected chi connectivity index (χ1v) is 9.20. The van der Waals surface area contributed by atoms with Gasteiger partial charge in [-0.05, 0) is 26.7 Å². The second kappa shape index (κ2) is 12.4. The van der Waals surface area contributed by atoms with Gasteiger partial charge in [-0.3, -0.25) is 4.52 Å². The molecule has 1 atom stereocenters. The van der Waals surface area contributed by atoms with Gasteiger partial charge in [0.25, 0.3) is 0 Å². The van der Waals surface area contributed by atoms with E-state index in [0.29, 0.717) is 19.3 Å². The number of ether oxygens (including phenoxy) is 2. The van der Waals surface area contributed by atoms with Crippen LogP contribution in [0.25, 0.3) is 0 Å². The Balaban J connectivity index is 0.000000518. The number of hydrogen-bond acceptors (Lipinski definition) is 6. The molecular weight excluding hydrogens is 313 g/mol. The zero-order chi connectivity index (χ0) is 17.0. The van der Waals surface area contributed by atoms with E-state index >= 15 is 0 Å². The molecule has 5 N–H and O–H groups in total. The number of aliphatic hydroxyl groups excluding tert-OH is 1. The molecule has 1 aliphatic rings. The van der Waals surface area contributed by atoms with Gasteiger partial charge in [0.15, 0.2) is 6.29 Å². The smallest absolute Gasteiger partial charge is 0.385 e. The standard InChI is InChI=1S/C7H17O7P.C6H13N/c1-3-12-7(13-4-2)6(8)5-14-15(9,10)11;7-6-4-2-1-3-5-6/h6-8H,3-5H2,1-2H3,(H2,9,10,11);6H,1-5,7H2. The zero-order valence-electron chi connectivity index (χ0n) is 13.4. The number of aliphatic hydroxyl groups is 1. The van der Waals surface area contributed by atoms with E-state index in [1.807, 2.05) is 0 Å². The molecule has 0 bridgehead atoms. The van der Waals surface area contributed by atoms with Crippen LogP contribution in [0.1, 0.15) is 46.0 Å². The third-order valence-electron chi connectivity index (χ3n) is 3.04. The highest BCUT2D eigenvalue weighted by Crippen LogP contribution is 2.35. The molecule has 1 unspecified atom stereocenters. The third kappa shape index (κ3) is 12.5. The molecule has 0 aromatic rings. The summed E-state index contributed by atoms with van der Waals surface area (Å²) in [6, 6.07) is 0.536. The van der Waals surface area contributed by atoms with Gasteiger partial charge in [0.2, 0.25) is 0 Å². The van der Waals surface area contributed by atoms with Crippen LogP contribution >= 0.6 is 7.82 Å². The van der Waals surface area contributed by atoms with Gasteiger partial charge in [-0.15, -0.1) is 0 Å². The molecule has 0 spiro atoms. The molecule has 9 heteroatoms. The molecule has 8 nitrogen and oxygen atoms in total. The monoisotopic (exact) mass is 343 g/mol. The molecule has 134 valence electrons. The molecule has 1 aliphatic carbocycles. The SMILES string of the molecule is CCOC(OCC)C(O)COP(=O)(O)O.NC1CCCCC1. The summed E-state index contributed by atoms with van der Waals surface area (Å²) < 4.78 is 24.5. The fourth-order valence-corrected chi connectivity index (χ4v) is 2.33. The Bertz CT molecular complexity index is 301. The van der Waals surface area contributed by atoms with Crippen molar-refractivity contribution in [1.29, 1.82) is 0 Å². The van der Waals surface area contributed by atoms with Crippen LogP contribution in [-0.4, -0.2) is 53.1 Å².